The highest BCUT2D eigenvalue weighted by Crippen LogP contribution is 2.18. The molecule has 3 amide bonds. The lowest BCUT2D eigenvalue weighted by Crippen LogP contribution is -2.49. The van der Waals surface area contributed by atoms with Crippen molar-refractivity contribution in [1.82, 2.24) is 10.0 Å². The van der Waals surface area contributed by atoms with E-state index in [1.165, 1.54) is 12.1 Å². The molecule has 0 bridgehead atoms. The molecule has 160 valence electrons. The largest absolute Gasteiger partial charge is 0.352 e. The van der Waals surface area contributed by atoms with Crippen molar-refractivity contribution in [1.29, 1.82) is 0 Å². The summed E-state index contributed by atoms with van der Waals surface area (Å²) in [6, 6.07) is 4.32. The van der Waals surface area contributed by atoms with Gasteiger partial charge in [-0.25, -0.2) is 13.2 Å². The van der Waals surface area contributed by atoms with Gasteiger partial charge in [-0.1, -0.05) is 32.8 Å². The van der Waals surface area contributed by atoms with E-state index in [1.807, 2.05) is 13.8 Å². The first-order valence-electron chi connectivity index (χ1n) is 9.76. The summed E-state index contributed by atoms with van der Waals surface area (Å²) in [5, 5.41) is 5.09. The number of primary amides is 1. The van der Waals surface area contributed by atoms with Gasteiger partial charge in [0.1, 0.15) is 11.9 Å². The summed E-state index contributed by atoms with van der Waals surface area (Å²) in [7, 11) is -3.82. The summed E-state index contributed by atoms with van der Waals surface area (Å²) in [5.41, 5.74) is 5.48. The molecule has 10 heteroatoms. The van der Waals surface area contributed by atoms with Crippen molar-refractivity contribution in [3.63, 3.8) is 0 Å². The van der Waals surface area contributed by atoms with Gasteiger partial charge in [-0.05, 0) is 37.0 Å². The predicted octanol–water partition coefficient (Wildman–Crippen LogP) is 1.96. The molecule has 29 heavy (non-hydrogen) atoms. The smallest absolute Gasteiger partial charge is 0.312 e. The summed E-state index contributed by atoms with van der Waals surface area (Å²) < 4.78 is 28.0. The highest BCUT2D eigenvalue weighted by atomic mass is 32.2. The summed E-state index contributed by atoms with van der Waals surface area (Å²) >= 11 is 0. The molecule has 2 rings (SSSR count). The number of sulfonamides is 1. The molecule has 0 saturated heterocycles. The van der Waals surface area contributed by atoms with Crippen molar-refractivity contribution in [3.8, 4) is 0 Å². The van der Waals surface area contributed by atoms with Crippen molar-refractivity contribution in [3.05, 3.63) is 24.3 Å². The zero-order valence-corrected chi connectivity index (χ0v) is 17.6. The van der Waals surface area contributed by atoms with Crippen LogP contribution in [0.2, 0.25) is 0 Å². The van der Waals surface area contributed by atoms with Gasteiger partial charge < -0.3 is 16.4 Å². The quantitative estimate of drug-likeness (QED) is 0.531. The summed E-state index contributed by atoms with van der Waals surface area (Å²) in [6.07, 6.45) is 4.10. The zero-order valence-electron chi connectivity index (χ0n) is 16.8. The molecule has 1 aromatic carbocycles. The summed E-state index contributed by atoms with van der Waals surface area (Å²) in [5.74, 6) is -0.155. The highest BCUT2D eigenvalue weighted by molar-refractivity contribution is 7.90. The molecule has 5 N–H and O–H groups in total. The van der Waals surface area contributed by atoms with E-state index < -0.39 is 28.0 Å². The summed E-state index contributed by atoms with van der Waals surface area (Å²) in [4.78, 5) is 28.1. The van der Waals surface area contributed by atoms with Crippen LogP contribution in [0.5, 0.6) is 0 Å². The molecule has 1 aliphatic rings. The first kappa shape index (κ1) is 22.7. The van der Waals surface area contributed by atoms with Crippen LogP contribution >= 0.6 is 0 Å². The Balaban J connectivity index is 2.16. The molecule has 1 aromatic rings. The monoisotopic (exact) mass is 423 g/mol. The molecular weight excluding hydrogens is 394 g/mol. The van der Waals surface area contributed by atoms with E-state index in [-0.39, 0.29) is 10.8 Å². The van der Waals surface area contributed by atoms with Gasteiger partial charge in [-0.15, -0.1) is 0 Å². The average molecular weight is 424 g/mol. The maximum Gasteiger partial charge on any atom is 0.312 e. The van der Waals surface area contributed by atoms with Gasteiger partial charge in [0.15, 0.2) is 0 Å². The standard InChI is InChI=1S/C19H29N5O4S/c1-3-13(2)17(23-19(20)26)18(25)22-14-8-7-9-15(12-14)29(27,28)24-16-10-5-4-6-11-21-16/h7-9,12-13,17H,3-6,10-11H2,1-2H3,(H,21,24)(H,22,25)(H3,20,23,26). The fourth-order valence-electron chi connectivity index (χ4n) is 2.99. The van der Waals surface area contributed by atoms with Gasteiger partial charge in [0, 0.05) is 18.7 Å². The second kappa shape index (κ2) is 10.2. The molecule has 9 nitrogen and oxygen atoms in total. The predicted molar refractivity (Wildman–Crippen MR) is 112 cm³/mol. The van der Waals surface area contributed by atoms with Crippen molar-refractivity contribution >= 4 is 33.5 Å². The number of urea groups is 1. The highest BCUT2D eigenvalue weighted by Gasteiger charge is 2.26. The van der Waals surface area contributed by atoms with Crippen LogP contribution in [0, 0.1) is 5.92 Å². The van der Waals surface area contributed by atoms with Crippen LogP contribution in [0.1, 0.15) is 46.0 Å². The molecular formula is C19H29N5O4S. The van der Waals surface area contributed by atoms with Crippen LogP contribution in [-0.4, -0.2) is 38.8 Å². The minimum atomic E-state index is -3.82. The molecule has 0 radical (unpaired) electrons. The summed E-state index contributed by atoms with van der Waals surface area (Å²) in [6.45, 7) is 4.32. The van der Waals surface area contributed by atoms with E-state index >= 15 is 0 Å². The Kier molecular flexibility index (Phi) is 8.00. The molecule has 2 unspecified atom stereocenters. The van der Waals surface area contributed by atoms with Crippen LogP contribution in [0.25, 0.3) is 0 Å². The topological polar surface area (TPSA) is 143 Å². The number of nitrogens with zero attached hydrogens (tertiary/aromatic N) is 1. The van der Waals surface area contributed by atoms with Gasteiger partial charge in [0.25, 0.3) is 10.0 Å². The number of amidine groups is 1. The Morgan fingerprint density at radius 2 is 2.00 bits per heavy atom. The van der Waals surface area contributed by atoms with Crippen molar-refractivity contribution in [2.24, 2.45) is 16.6 Å². The van der Waals surface area contributed by atoms with E-state index in [1.54, 1.807) is 12.1 Å². The first-order chi connectivity index (χ1) is 13.7. The minimum Gasteiger partial charge on any atom is -0.352 e. The lowest BCUT2D eigenvalue weighted by Gasteiger charge is -2.22. The normalized spacial score (nSPS) is 16.7. The Bertz CT molecular complexity index is 869. The van der Waals surface area contributed by atoms with E-state index in [9.17, 15) is 18.0 Å². The number of benzene rings is 1. The number of amides is 3. The maximum absolute atomic E-state index is 12.7. The number of carbonyl (C=O) groups is 2. The fourth-order valence-corrected chi connectivity index (χ4v) is 4.12. The lowest BCUT2D eigenvalue weighted by atomic mass is 9.98. The lowest BCUT2D eigenvalue weighted by molar-refractivity contribution is -0.119. The van der Waals surface area contributed by atoms with Gasteiger partial charge >= 0.3 is 6.03 Å². The van der Waals surface area contributed by atoms with Crippen molar-refractivity contribution in [2.75, 3.05) is 11.9 Å². The van der Waals surface area contributed by atoms with Crippen LogP contribution < -0.4 is 21.1 Å². The second-order valence-corrected chi connectivity index (χ2v) is 8.82. The van der Waals surface area contributed by atoms with Crippen molar-refractivity contribution in [2.45, 2.75) is 56.9 Å². The maximum atomic E-state index is 12.7. The van der Waals surface area contributed by atoms with Gasteiger partial charge in [0.2, 0.25) is 5.91 Å². The number of nitrogens with one attached hydrogen (secondary N) is 3. The van der Waals surface area contributed by atoms with E-state index in [0.29, 0.717) is 30.9 Å². The number of nitrogens with two attached hydrogens (primary N) is 1. The van der Waals surface area contributed by atoms with Crippen LogP contribution in [0.15, 0.2) is 34.2 Å². The number of aliphatic imine (C=N–C) groups is 1. The van der Waals surface area contributed by atoms with Crippen LogP contribution in [-0.2, 0) is 14.8 Å². The molecule has 0 aromatic heterocycles. The van der Waals surface area contributed by atoms with E-state index in [0.717, 1.165) is 19.3 Å². The molecule has 0 spiro atoms. The molecule has 0 aliphatic carbocycles. The third-order valence-corrected chi connectivity index (χ3v) is 6.21. The molecule has 0 saturated carbocycles. The Morgan fingerprint density at radius 3 is 2.69 bits per heavy atom. The Labute approximate surface area is 171 Å². The fraction of sp³-hybridized carbons (Fsp3) is 0.526. The van der Waals surface area contributed by atoms with Gasteiger partial charge in [-0.2, -0.15) is 0 Å². The molecule has 1 aliphatic heterocycles. The third kappa shape index (κ3) is 6.74. The molecule has 1 heterocycles. The van der Waals surface area contributed by atoms with Crippen molar-refractivity contribution < 1.29 is 18.0 Å². The average Bonchev–Trinajstić information content (AvgIpc) is 2.93. The number of rotatable bonds is 7. The number of hydrogen-bond acceptors (Lipinski definition) is 5. The number of anilines is 1. The second-order valence-electron chi connectivity index (χ2n) is 7.13. The number of carbonyl (C=O) groups excluding carboxylic acids is 2. The first-order valence-corrected chi connectivity index (χ1v) is 11.2. The van der Waals surface area contributed by atoms with E-state index in [4.69, 9.17) is 5.73 Å². The van der Waals surface area contributed by atoms with E-state index in [2.05, 4.69) is 20.3 Å². The Morgan fingerprint density at radius 1 is 1.24 bits per heavy atom. The minimum absolute atomic E-state index is 0.0187. The van der Waals surface area contributed by atoms with Gasteiger partial charge in [0.05, 0.1) is 4.90 Å². The number of hydrogen-bond donors (Lipinski definition) is 4. The van der Waals surface area contributed by atoms with Crippen LogP contribution in [0.4, 0.5) is 10.5 Å². The SMILES string of the molecule is CCC(C)C(NC(N)=O)C(=O)Nc1cccc(S(=O)(=O)NC2=NCCCCC2)c1. The zero-order chi connectivity index (χ0) is 21.4. The van der Waals surface area contributed by atoms with Gasteiger partial charge in [-0.3, -0.25) is 14.5 Å². The third-order valence-electron chi connectivity index (χ3n) is 4.83. The molecule has 2 atom stereocenters. The van der Waals surface area contributed by atoms with Crippen LogP contribution in [0.3, 0.4) is 0 Å². The molecule has 0 fully saturated rings. The Hall–Kier alpha value is -2.62.